The van der Waals surface area contributed by atoms with Gasteiger partial charge in [0.1, 0.15) is 0 Å². The first-order valence-corrected chi connectivity index (χ1v) is 14.7. The Labute approximate surface area is 245 Å². The van der Waals surface area contributed by atoms with E-state index in [1.165, 1.54) is 27.0 Å². The van der Waals surface area contributed by atoms with Crippen molar-refractivity contribution in [2.24, 2.45) is 0 Å². The van der Waals surface area contributed by atoms with Gasteiger partial charge in [-0.1, -0.05) is 19.8 Å². The molecule has 0 saturated heterocycles. The molecule has 3 aromatic heterocycles. The monoisotopic (exact) mass is 581 g/mol. The summed E-state index contributed by atoms with van der Waals surface area (Å²) in [5.41, 5.74) is 4.96. The van der Waals surface area contributed by atoms with Crippen LogP contribution in [0.15, 0.2) is 72.1 Å². The zero-order chi connectivity index (χ0) is 29.1. The molecule has 0 aromatic carbocycles. The van der Waals surface area contributed by atoms with Crippen molar-refractivity contribution in [2.45, 2.75) is 38.3 Å². The smallest absolute Gasteiger partial charge is 0.335 e. The summed E-state index contributed by atoms with van der Waals surface area (Å²) in [4.78, 5) is 34.9. The number of carboxylic acid groups (broad SMARTS) is 2. The third-order valence-corrected chi connectivity index (χ3v) is 10.1. The van der Waals surface area contributed by atoms with Gasteiger partial charge in [0.15, 0.2) is 0 Å². The van der Waals surface area contributed by atoms with Gasteiger partial charge in [0, 0.05) is 39.5 Å². The molecule has 0 fully saturated rings. The minimum absolute atomic E-state index is 0.121. The van der Waals surface area contributed by atoms with Crippen LogP contribution in [-0.4, -0.2) is 51.2 Å². The fraction of sp³-hybridized carbons (Fsp3) is 0.219. The van der Waals surface area contributed by atoms with Gasteiger partial charge in [-0.3, -0.25) is 4.98 Å². The maximum Gasteiger partial charge on any atom is 0.335 e. The Morgan fingerprint density at radius 1 is 1.05 bits per heavy atom. The van der Waals surface area contributed by atoms with E-state index in [-0.39, 0.29) is 16.6 Å². The first kappa shape index (κ1) is 26.8. The molecule has 5 heterocycles. The van der Waals surface area contributed by atoms with Crippen molar-refractivity contribution in [1.29, 1.82) is 0 Å². The fourth-order valence-electron chi connectivity index (χ4n) is 5.53. The Kier molecular flexibility index (Phi) is 6.48. The summed E-state index contributed by atoms with van der Waals surface area (Å²) in [6, 6.07) is 7.52. The van der Waals surface area contributed by atoms with Gasteiger partial charge in [-0.05, 0) is 72.2 Å². The zero-order valence-electron chi connectivity index (χ0n) is 22.9. The lowest BCUT2D eigenvalue weighted by Crippen LogP contribution is -2.47. The average molecular weight is 582 g/mol. The van der Waals surface area contributed by atoms with Crippen molar-refractivity contribution in [3.05, 3.63) is 93.8 Å². The van der Waals surface area contributed by atoms with Crippen molar-refractivity contribution in [2.75, 3.05) is 7.05 Å². The fourth-order valence-corrected chi connectivity index (χ4v) is 8.22. The number of fused-ring (bicyclic) bond motifs is 3. The first-order valence-electron chi connectivity index (χ1n) is 13.0. The second-order valence-electron chi connectivity index (χ2n) is 10.7. The van der Waals surface area contributed by atoms with E-state index >= 15 is 0 Å². The largest absolute Gasteiger partial charge is 0.478 e. The molecule has 7 nitrogen and oxygen atoms in total. The number of hydrogen-bond acceptors (Lipinski definition) is 7. The highest BCUT2D eigenvalue weighted by molar-refractivity contribution is 7.24. The molecule has 1 aliphatic carbocycles. The number of hydrogen-bond donors (Lipinski definition) is 3. The Hall–Kier alpha value is -4.39. The van der Waals surface area contributed by atoms with Crippen LogP contribution in [0.3, 0.4) is 0 Å². The van der Waals surface area contributed by atoms with Crippen molar-refractivity contribution >= 4 is 40.3 Å². The van der Waals surface area contributed by atoms with E-state index in [4.69, 9.17) is 0 Å². The third-order valence-electron chi connectivity index (χ3n) is 7.74. The van der Waals surface area contributed by atoms with Crippen LogP contribution in [0.25, 0.3) is 25.9 Å². The number of carbonyl (C=O) groups is 2. The predicted molar refractivity (Wildman–Crippen MR) is 163 cm³/mol. The van der Waals surface area contributed by atoms with Gasteiger partial charge >= 0.3 is 11.9 Å². The molecule has 41 heavy (non-hydrogen) atoms. The number of pyridine rings is 1. The highest BCUT2D eigenvalue weighted by Gasteiger charge is 2.39. The number of rotatable bonds is 5. The lowest BCUT2D eigenvalue weighted by atomic mass is 9.83. The molecule has 6 rings (SSSR count). The SMILES string of the molecule is CC#Cc1cc2c(s1)-c1sc(-c3ccnc(C4=CC(C(=O)O)=CC(C5C=C(C(=O)O)C=CN5C)N4)c3)cc1C2(C)C. The molecular formula is C32H27N3O4S2. The van der Waals surface area contributed by atoms with Gasteiger partial charge < -0.3 is 20.4 Å². The maximum atomic E-state index is 12.1. The first-order chi connectivity index (χ1) is 19.6. The highest BCUT2D eigenvalue weighted by Crippen LogP contribution is 2.56. The molecular weight excluding hydrogens is 555 g/mol. The van der Waals surface area contributed by atoms with Gasteiger partial charge in [-0.15, -0.1) is 28.6 Å². The van der Waals surface area contributed by atoms with Crippen LogP contribution >= 0.6 is 22.7 Å². The molecule has 3 aromatic rings. The molecule has 3 N–H and O–H groups in total. The van der Waals surface area contributed by atoms with Crippen molar-refractivity contribution in [1.82, 2.24) is 15.2 Å². The molecule has 2 aliphatic heterocycles. The molecule has 206 valence electrons. The number of nitrogens with zero attached hydrogens (tertiary/aromatic N) is 2. The highest BCUT2D eigenvalue weighted by atomic mass is 32.1. The molecule has 0 spiro atoms. The minimum Gasteiger partial charge on any atom is -0.478 e. The molecule has 0 radical (unpaired) electrons. The van der Waals surface area contributed by atoms with E-state index in [1.807, 2.05) is 31.0 Å². The quantitative estimate of drug-likeness (QED) is 0.332. The number of aliphatic carboxylic acids is 2. The summed E-state index contributed by atoms with van der Waals surface area (Å²) in [5.74, 6) is 4.12. The standard InChI is InChI=1S/C32H27N3O4S2/c1-5-6-20-15-21-28(40-20)29-22(32(21,2)3)16-27(41-29)17-7-9-33-23(11-17)24-12-19(31(38)39)13-25(34-24)26-14-18(30(36)37)8-10-35(26)4/h7-16,25-26,34H,1-4H3,(H,36,37)(H,38,39). The van der Waals surface area contributed by atoms with Crippen LogP contribution in [-0.2, 0) is 15.0 Å². The topological polar surface area (TPSA) is 103 Å². The lowest BCUT2D eigenvalue weighted by molar-refractivity contribution is -0.133. The Balaban J connectivity index is 1.35. The maximum absolute atomic E-state index is 12.1. The number of dihydropyridines is 1. The van der Waals surface area contributed by atoms with E-state index in [0.717, 1.165) is 15.3 Å². The summed E-state index contributed by atoms with van der Waals surface area (Å²) < 4.78 is 0. The van der Waals surface area contributed by atoms with Crippen LogP contribution in [0.2, 0.25) is 0 Å². The van der Waals surface area contributed by atoms with Crippen LogP contribution in [0.5, 0.6) is 0 Å². The van der Waals surface area contributed by atoms with Gasteiger partial charge in [0.2, 0.25) is 0 Å². The molecule has 2 atom stereocenters. The van der Waals surface area contributed by atoms with E-state index < -0.39 is 24.0 Å². The second kappa shape index (κ2) is 9.91. The zero-order valence-corrected chi connectivity index (χ0v) is 24.5. The Morgan fingerprint density at radius 3 is 2.51 bits per heavy atom. The Bertz CT molecular complexity index is 1810. The molecule has 3 aliphatic rings. The number of likely N-dealkylation sites (N-methyl/N-ethyl adjacent to an activating group) is 1. The average Bonchev–Trinajstić information content (AvgIpc) is 3.63. The van der Waals surface area contributed by atoms with E-state index in [9.17, 15) is 19.8 Å². The molecule has 0 bridgehead atoms. The van der Waals surface area contributed by atoms with E-state index in [1.54, 1.807) is 53.3 Å². The predicted octanol–water partition coefficient (Wildman–Crippen LogP) is 5.71. The lowest BCUT2D eigenvalue weighted by Gasteiger charge is -2.35. The van der Waals surface area contributed by atoms with Crippen molar-refractivity contribution in [3.8, 4) is 32.0 Å². The van der Waals surface area contributed by atoms with Gasteiger partial charge in [0.25, 0.3) is 0 Å². The van der Waals surface area contributed by atoms with Gasteiger partial charge in [-0.2, -0.15) is 0 Å². The van der Waals surface area contributed by atoms with Crippen LogP contribution < -0.4 is 5.32 Å². The molecule has 0 amide bonds. The molecule has 0 saturated carbocycles. The van der Waals surface area contributed by atoms with Crippen LogP contribution in [0.4, 0.5) is 0 Å². The van der Waals surface area contributed by atoms with E-state index in [0.29, 0.717) is 11.4 Å². The van der Waals surface area contributed by atoms with Gasteiger partial charge in [-0.25, -0.2) is 9.59 Å². The third kappa shape index (κ3) is 4.59. The summed E-state index contributed by atoms with van der Waals surface area (Å²) >= 11 is 3.49. The number of nitrogens with one attached hydrogen (secondary N) is 1. The van der Waals surface area contributed by atoms with Crippen molar-refractivity contribution < 1.29 is 19.8 Å². The van der Waals surface area contributed by atoms with Gasteiger partial charge in [0.05, 0.1) is 39.5 Å². The second-order valence-corrected chi connectivity index (χ2v) is 12.8. The summed E-state index contributed by atoms with van der Waals surface area (Å²) in [5, 5.41) is 22.8. The van der Waals surface area contributed by atoms with Crippen LogP contribution in [0, 0.1) is 11.8 Å². The number of aromatic nitrogens is 1. The van der Waals surface area contributed by atoms with Crippen LogP contribution in [0.1, 0.15) is 42.5 Å². The van der Waals surface area contributed by atoms with Crippen molar-refractivity contribution in [3.63, 3.8) is 0 Å². The molecule has 2 unspecified atom stereocenters. The summed E-state index contributed by atoms with van der Waals surface area (Å²) in [7, 11) is 1.83. The number of thiophene rings is 2. The molecule has 9 heteroatoms. The van der Waals surface area contributed by atoms with E-state index in [2.05, 4.69) is 48.1 Å². The normalized spacial score (nSPS) is 20.1. The minimum atomic E-state index is -1.06. The number of carboxylic acids is 2. The Morgan fingerprint density at radius 2 is 1.78 bits per heavy atom. The summed E-state index contributed by atoms with van der Waals surface area (Å²) in [6.45, 7) is 6.36. The summed E-state index contributed by atoms with van der Waals surface area (Å²) in [6.07, 6.45) is 9.79.